The van der Waals surface area contributed by atoms with Gasteiger partial charge in [-0.2, -0.15) is 0 Å². The van der Waals surface area contributed by atoms with Crippen LogP contribution in [0.5, 0.6) is 0 Å². The van der Waals surface area contributed by atoms with Gasteiger partial charge in [-0.3, -0.25) is 5.32 Å². The lowest BCUT2D eigenvalue weighted by Gasteiger charge is -2.19. The second-order valence-corrected chi connectivity index (χ2v) is 5.47. The van der Waals surface area contributed by atoms with Crippen LogP contribution in [0.1, 0.15) is 20.8 Å². The lowest BCUT2D eigenvalue weighted by molar-refractivity contribution is 0.0636. The van der Waals surface area contributed by atoms with Crippen LogP contribution < -0.4 is 5.32 Å². The van der Waals surface area contributed by atoms with E-state index in [0.29, 0.717) is 5.69 Å². The van der Waals surface area contributed by atoms with E-state index >= 15 is 0 Å². The van der Waals surface area contributed by atoms with Gasteiger partial charge in [0.25, 0.3) is 0 Å². The van der Waals surface area contributed by atoms with E-state index in [0.717, 1.165) is 11.4 Å². The number of hydrogen-bond donors (Lipinski definition) is 1. The number of nitrogens with one attached hydrogen (secondary N) is 1. The normalized spacial score (nSPS) is 11.2. The molecule has 1 aromatic carbocycles. The smallest absolute Gasteiger partial charge is 0.412 e. The minimum absolute atomic E-state index is 0.479. The third-order valence-electron chi connectivity index (χ3n) is 2.48. The first-order valence-corrected chi connectivity index (χ1v) is 6.29. The molecule has 0 aliphatic rings. The average molecular weight is 274 g/mol. The van der Waals surface area contributed by atoms with Crippen LogP contribution in [0.2, 0.25) is 0 Å². The zero-order valence-electron chi connectivity index (χ0n) is 12.0. The predicted molar refractivity (Wildman–Crippen MR) is 76.3 cm³/mol. The third kappa shape index (κ3) is 3.57. The van der Waals surface area contributed by atoms with E-state index in [1.807, 2.05) is 50.6 Å². The van der Waals surface area contributed by atoms with Gasteiger partial charge >= 0.3 is 6.09 Å². The molecule has 1 amide bonds. The highest BCUT2D eigenvalue weighted by molar-refractivity contribution is 5.85. The molecule has 1 aromatic heterocycles. The fraction of sp³-hybridized carbons (Fsp3) is 0.357. The maximum absolute atomic E-state index is 11.7. The second-order valence-electron chi connectivity index (χ2n) is 5.47. The van der Waals surface area contributed by atoms with Crippen molar-refractivity contribution in [2.75, 3.05) is 5.32 Å². The number of anilines is 1. The van der Waals surface area contributed by atoms with Crippen molar-refractivity contribution in [2.45, 2.75) is 26.4 Å². The van der Waals surface area contributed by atoms with Crippen molar-refractivity contribution in [1.29, 1.82) is 0 Å². The summed E-state index contributed by atoms with van der Waals surface area (Å²) >= 11 is 0. The molecule has 6 nitrogen and oxygen atoms in total. The summed E-state index contributed by atoms with van der Waals surface area (Å²) in [7, 11) is 1.86. The Labute approximate surface area is 117 Å². The van der Waals surface area contributed by atoms with Crippen LogP contribution in [0.15, 0.2) is 30.6 Å². The fourth-order valence-electron chi connectivity index (χ4n) is 1.70. The van der Waals surface area contributed by atoms with Gasteiger partial charge in [0.2, 0.25) is 0 Å². The van der Waals surface area contributed by atoms with Gasteiger partial charge in [0.05, 0.1) is 0 Å². The number of amides is 1. The quantitative estimate of drug-likeness (QED) is 0.914. The Kier molecular flexibility index (Phi) is 3.74. The molecule has 1 heterocycles. The maximum Gasteiger partial charge on any atom is 0.412 e. The Bertz CT molecular complexity index is 614. The van der Waals surface area contributed by atoms with E-state index in [2.05, 4.69) is 15.5 Å². The zero-order valence-corrected chi connectivity index (χ0v) is 12.0. The van der Waals surface area contributed by atoms with Gasteiger partial charge < -0.3 is 9.30 Å². The molecule has 0 aliphatic carbocycles. The van der Waals surface area contributed by atoms with Crippen molar-refractivity contribution < 1.29 is 9.53 Å². The largest absolute Gasteiger partial charge is 0.444 e. The molecule has 0 radical (unpaired) electrons. The Morgan fingerprint density at radius 3 is 2.70 bits per heavy atom. The molecular weight excluding hydrogens is 256 g/mol. The van der Waals surface area contributed by atoms with Crippen LogP contribution in [0.4, 0.5) is 10.5 Å². The first-order valence-electron chi connectivity index (χ1n) is 6.29. The molecular formula is C14H18N4O2. The van der Waals surface area contributed by atoms with E-state index in [9.17, 15) is 4.79 Å². The number of carbonyl (C=O) groups is 1. The molecule has 1 N–H and O–H groups in total. The highest BCUT2D eigenvalue weighted by atomic mass is 16.6. The van der Waals surface area contributed by atoms with Crippen LogP contribution in [-0.4, -0.2) is 26.5 Å². The summed E-state index contributed by atoms with van der Waals surface area (Å²) in [5.74, 6) is 0.734. The molecule has 0 aliphatic heterocycles. The van der Waals surface area contributed by atoms with Crippen LogP contribution in [-0.2, 0) is 11.8 Å². The molecule has 0 atom stereocenters. The third-order valence-corrected chi connectivity index (χ3v) is 2.48. The van der Waals surface area contributed by atoms with E-state index in [4.69, 9.17) is 4.74 Å². The molecule has 0 spiro atoms. The van der Waals surface area contributed by atoms with E-state index in [1.54, 1.807) is 12.4 Å². The van der Waals surface area contributed by atoms with Crippen LogP contribution in [0, 0.1) is 0 Å². The topological polar surface area (TPSA) is 69.0 Å². The number of nitrogens with zero attached hydrogens (tertiary/aromatic N) is 3. The first kappa shape index (κ1) is 14.0. The first-order chi connectivity index (χ1) is 9.35. The minimum Gasteiger partial charge on any atom is -0.444 e. The summed E-state index contributed by atoms with van der Waals surface area (Å²) in [6, 6.07) is 7.37. The molecule has 0 saturated carbocycles. The summed E-state index contributed by atoms with van der Waals surface area (Å²) in [5, 5.41) is 10.6. The predicted octanol–water partition coefficient (Wildman–Crippen LogP) is 2.83. The fourth-order valence-corrected chi connectivity index (χ4v) is 1.70. The number of ether oxygens (including phenoxy) is 1. The standard InChI is InChI=1S/C14H18N4O2/c1-14(2,3)20-13(19)16-11-7-5-6-10(8-11)12-17-15-9-18(12)4/h5-9H,1-4H3,(H,16,19). The molecule has 0 fully saturated rings. The Hall–Kier alpha value is -2.37. The summed E-state index contributed by atoms with van der Waals surface area (Å²) in [4.78, 5) is 11.7. The van der Waals surface area contributed by atoms with Gasteiger partial charge in [0.1, 0.15) is 11.9 Å². The van der Waals surface area contributed by atoms with Crippen LogP contribution in [0.3, 0.4) is 0 Å². The van der Waals surface area contributed by atoms with Gasteiger partial charge in [-0.25, -0.2) is 4.79 Å². The number of carbonyl (C=O) groups excluding carboxylic acids is 1. The van der Waals surface area contributed by atoms with Gasteiger partial charge in [-0.1, -0.05) is 12.1 Å². The Balaban J connectivity index is 2.15. The van der Waals surface area contributed by atoms with Crippen LogP contribution >= 0.6 is 0 Å². The maximum atomic E-state index is 11.7. The van der Waals surface area contributed by atoms with Crippen molar-refractivity contribution in [1.82, 2.24) is 14.8 Å². The van der Waals surface area contributed by atoms with Crippen molar-refractivity contribution in [3.05, 3.63) is 30.6 Å². The summed E-state index contributed by atoms with van der Waals surface area (Å²) in [5.41, 5.74) is 1.00. The second kappa shape index (κ2) is 5.32. The van der Waals surface area contributed by atoms with Crippen molar-refractivity contribution >= 4 is 11.8 Å². The number of aryl methyl sites for hydroxylation is 1. The number of rotatable bonds is 2. The number of aromatic nitrogens is 3. The molecule has 0 bridgehead atoms. The van der Waals surface area contributed by atoms with Crippen molar-refractivity contribution in [3.8, 4) is 11.4 Å². The summed E-state index contributed by atoms with van der Waals surface area (Å²) in [6.45, 7) is 5.47. The van der Waals surface area contributed by atoms with E-state index in [-0.39, 0.29) is 0 Å². The summed E-state index contributed by atoms with van der Waals surface area (Å²) < 4.78 is 7.02. The molecule has 0 saturated heterocycles. The van der Waals surface area contributed by atoms with Gasteiger partial charge in [-0.15, -0.1) is 10.2 Å². The van der Waals surface area contributed by atoms with Gasteiger partial charge in [0.15, 0.2) is 5.82 Å². The summed E-state index contributed by atoms with van der Waals surface area (Å²) in [6.07, 6.45) is 1.15. The highest BCUT2D eigenvalue weighted by Crippen LogP contribution is 2.20. The van der Waals surface area contributed by atoms with E-state index < -0.39 is 11.7 Å². The lowest BCUT2D eigenvalue weighted by atomic mass is 10.2. The van der Waals surface area contributed by atoms with Gasteiger partial charge in [0, 0.05) is 18.3 Å². The molecule has 2 rings (SSSR count). The SMILES string of the molecule is Cn1cnnc1-c1cccc(NC(=O)OC(C)(C)C)c1. The Morgan fingerprint density at radius 2 is 2.10 bits per heavy atom. The molecule has 0 unspecified atom stereocenters. The highest BCUT2D eigenvalue weighted by Gasteiger charge is 2.16. The Morgan fingerprint density at radius 1 is 1.35 bits per heavy atom. The number of benzene rings is 1. The van der Waals surface area contributed by atoms with Crippen molar-refractivity contribution in [2.24, 2.45) is 7.05 Å². The molecule has 106 valence electrons. The van der Waals surface area contributed by atoms with E-state index in [1.165, 1.54) is 0 Å². The van der Waals surface area contributed by atoms with Crippen LogP contribution in [0.25, 0.3) is 11.4 Å². The van der Waals surface area contributed by atoms with Crippen molar-refractivity contribution in [3.63, 3.8) is 0 Å². The molecule has 2 aromatic rings. The monoisotopic (exact) mass is 274 g/mol. The van der Waals surface area contributed by atoms with Gasteiger partial charge in [-0.05, 0) is 32.9 Å². The number of hydrogen-bond acceptors (Lipinski definition) is 4. The molecule has 20 heavy (non-hydrogen) atoms. The molecule has 6 heteroatoms. The average Bonchev–Trinajstić information content (AvgIpc) is 2.73. The zero-order chi connectivity index (χ0) is 14.8. The minimum atomic E-state index is -0.523. The lowest BCUT2D eigenvalue weighted by Crippen LogP contribution is -2.27.